The van der Waals surface area contributed by atoms with Crippen LogP contribution >= 0.6 is 0 Å². The van der Waals surface area contributed by atoms with Gasteiger partial charge in [0.05, 0.1) is 36.0 Å². The van der Waals surface area contributed by atoms with Gasteiger partial charge < -0.3 is 19.8 Å². The molecular weight excluding hydrogens is 409 g/mol. The van der Waals surface area contributed by atoms with Gasteiger partial charge in [-0.05, 0) is 25.1 Å². The van der Waals surface area contributed by atoms with Crippen molar-refractivity contribution in [3.05, 3.63) is 53.9 Å². The molecule has 2 aliphatic heterocycles. The lowest BCUT2D eigenvalue weighted by Crippen LogP contribution is -2.54. The highest BCUT2D eigenvalue weighted by Crippen LogP contribution is 2.39. The predicted octanol–water partition coefficient (Wildman–Crippen LogP) is 4.22. The number of aromatic nitrogens is 2. The molecule has 5 rings (SSSR count). The molecule has 1 fully saturated rings. The van der Waals surface area contributed by atoms with Gasteiger partial charge in [0.25, 0.3) is 0 Å². The number of para-hydroxylation sites is 2. The molecule has 2 aromatic carbocycles. The number of halogens is 3. The van der Waals surface area contributed by atoms with Crippen molar-refractivity contribution in [1.29, 1.82) is 0 Å². The number of fused-ring (bicyclic) bond motifs is 2. The van der Waals surface area contributed by atoms with Crippen molar-refractivity contribution in [2.45, 2.75) is 31.3 Å². The van der Waals surface area contributed by atoms with Crippen LogP contribution in [0.25, 0.3) is 11.0 Å². The van der Waals surface area contributed by atoms with Gasteiger partial charge in [-0.3, -0.25) is 4.90 Å². The molecule has 1 saturated heterocycles. The van der Waals surface area contributed by atoms with Crippen LogP contribution in [0.3, 0.4) is 0 Å². The summed E-state index contributed by atoms with van der Waals surface area (Å²) < 4.78 is 51.3. The largest absolute Gasteiger partial charge is 0.491 e. The van der Waals surface area contributed by atoms with Crippen molar-refractivity contribution in [1.82, 2.24) is 14.9 Å². The van der Waals surface area contributed by atoms with Gasteiger partial charge in [-0.1, -0.05) is 24.3 Å². The van der Waals surface area contributed by atoms with E-state index in [1.165, 1.54) is 0 Å². The Morgan fingerprint density at radius 1 is 1.16 bits per heavy atom. The second-order valence-corrected chi connectivity index (χ2v) is 8.00. The second-order valence-electron chi connectivity index (χ2n) is 8.00. The van der Waals surface area contributed by atoms with Gasteiger partial charge in [0.1, 0.15) is 17.9 Å². The van der Waals surface area contributed by atoms with Crippen LogP contribution in [0.4, 0.5) is 18.9 Å². The van der Waals surface area contributed by atoms with E-state index in [1.54, 1.807) is 18.2 Å². The van der Waals surface area contributed by atoms with E-state index < -0.39 is 12.0 Å². The minimum atomic E-state index is -4.53. The summed E-state index contributed by atoms with van der Waals surface area (Å²) in [6.07, 6.45) is -4.43. The topological polar surface area (TPSA) is 62.4 Å². The molecule has 0 spiro atoms. The van der Waals surface area contributed by atoms with E-state index in [-0.39, 0.29) is 23.7 Å². The molecule has 1 aromatic heterocycles. The SMILES string of the molecule is C[C@@H]1CN([C@H]2COc3ccccc3[C@@H]2Nc2cccc3[nH]c(C(F)(F)F)nc23)CCO1. The van der Waals surface area contributed by atoms with Gasteiger partial charge in [-0.25, -0.2) is 4.98 Å². The van der Waals surface area contributed by atoms with Crippen molar-refractivity contribution in [2.24, 2.45) is 0 Å². The molecule has 2 aliphatic rings. The average Bonchev–Trinajstić information content (AvgIpc) is 3.20. The van der Waals surface area contributed by atoms with Gasteiger partial charge in [0.2, 0.25) is 5.82 Å². The summed E-state index contributed by atoms with van der Waals surface area (Å²) in [5.41, 5.74) is 2.14. The molecule has 0 saturated carbocycles. The number of nitrogens with zero attached hydrogens (tertiary/aromatic N) is 2. The first-order chi connectivity index (χ1) is 14.9. The number of anilines is 1. The summed E-state index contributed by atoms with van der Waals surface area (Å²) in [5.74, 6) is -0.217. The van der Waals surface area contributed by atoms with Crippen molar-refractivity contribution in [2.75, 3.05) is 31.6 Å². The number of nitrogens with one attached hydrogen (secondary N) is 2. The summed E-state index contributed by atoms with van der Waals surface area (Å²) in [7, 11) is 0. The van der Waals surface area contributed by atoms with Crippen LogP contribution in [0.1, 0.15) is 24.4 Å². The molecule has 0 radical (unpaired) electrons. The number of hydrogen-bond donors (Lipinski definition) is 2. The Hall–Kier alpha value is -2.78. The van der Waals surface area contributed by atoms with Crippen LogP contribution < -0.4 is 10.1 Å². The van der Waals surface area contributed by atoms with Gasteiger partial charge in [-0.2, -0.15) is 13.2 Å². The van der Waals surface area contributed by atoms with E-state index in [0.717, 1.165) is 24.4 Å². The zero-order valence-corrected chi connectivity index (χ0v) is 16.9. The first kappa shape index (κ1) is 20.1. The Balaban J connectivity index is 1.54. The molecule has 6 nitrogen and oxygen atoms in total. The van der Waals surface area contributed by atoms with Crippen LogP contribution in [0.5, 0.6) is 5.75 Å². The van der Waals surface area contributed by atoms with Crippen LogP contribution in [0, 0.1) is 0 Å². The molecule has 0 unspecified atom stereocenters. The van der Waals surface area contributed by atoms with Crippen molar-refractivity contribution >= 4 is 16.7 Å². The third-order valence-electron chi connectivity index (χ3n) is 5.88. The summed E-state index contributed by atoms with van der Waals surface area (Å²) in [4.78, 5) is 8.56. The number of hydrogen-bond acceptors (Lipinski definition) is 5. The Morgan fingerprint density at radius 2 is 2.00 bits per heavy atom. The van der Waals surface area contributed by atoms with Crippen LogP contribution in [-0.4, -0.2) is 53.3 Å². The van der Waals surface area contributed by atoms with E-state index in [0.29, 0.717) is 24.4 Å². The quantitative estimate of drug-likeness (QED) is 0.649. The fourth-order valence-electron chi connectivity index (χ4n) is 4.43. The van der Waals surface area contributed by atoms with Crippen LogP contribution in [0.2, 0.25) is 0 Å². The van der Waals surface area contributed by atoms with Crippen molar-refractivity contribution in [3.8, 4) is 5.75 Å². The Bertz CT molecular complexity index is 1080. The Morgan fingerprint density at radius 3 is 2.81 bits per heavy atom. The number of rotatable bonds is 3. The molecule has 3 atom stereocenters. The molecule has 0 bridgehead atoms. The lowest BCUT2D eigenvalue weighted by atomic mass is 9.94. The second kappa shape index (κ2) is 7.72. The first-order valence-electron chi connectivity index (χ1n) is 10.3. The van der Waals surface area contributed by atoms with Crippen molar-refractivity contribution < 1.29 is 22.6 Å². The number of H-pyrrole nitrogens is 1. The van der Waals surface area contributed by atoms with Crippen molar-refractivity contribution in [3.63, 3.8) is 0 Å². The minimum absolute atomic E-state index is 0.00228. The summed E-state index contributed by atoms with van der Waals surface area (Å²) in [5, 5.41) is 3.49. The fraction of sp³-hybridized carbons (Fsp3) is 0.409. The highest BCUT2D eigenvalue weighted by Gasteiger charge is 2.38. The lowest BCUT2D eigenvalue weighted by Gasteiger charge is -2.44. The standard InChI is InChI=1S/C22H23F3N4O2/c1-13-11-29(9-10-30-13)17-12-31-18-8-3-2-5-14(18)19(17)26-15-6-4-7-16-20(15)28-21(27-16)22(23,24)25/h2-8,13,17,19,26H,9-12H2,1H3,(H,27,28)/t13-,17+,19+/m1/s1. The first-order valence-corrected chi connectivity index (χ1v) is 10.3. The predicted molar refractivity (Wildman–Crippen MR) is 110 cm³/mol. The Kier molecular flexibility index (Phi) is 5.02. The monoisotopic (exact) mass is 432 g/mol. The Labute approximate surface area is 177 Å². The zero-order chi connectivity index (χ0) is 21.6. The number of aromatic amines is 1. The van der Waals surface area contributed by atoms with E-state index in [4.69, 9.17) is 9.47 Å². The number of alkyl halides is 3. The molecular formula is C22H23F3N4O2. The molecule has 0 amide bonds. The van der Waals surface area contributed by atoms with E-state index in [1.807, 2.05) is 31.2 Å². The molecule has 2 N–H and O–H groups in total. The summed E-state index contributed by atoms with van der Waals surface area (Å²) in [6.45, 7) is 4.68. The van der Waals surface area contributed by atoms with Gasteiger partial charge in [0, 0.05) is 18.7 Å². The maximum Gasteiger partial charge on any atom is 0.449 e. The highest BCUT2D eigenvalue weighted by molar-refractivity contribution is 5.88. The summed E-state index contributed by atoms with van der Waals surface area (Å²) in [6, 6.07) is 12.7. The molecule has 3 aromatic rings. The fourth-order valence-corrected chi connectivity index (χ4v) is 4.43. The maximum absolute atomic E-state index is 13.2. The van der Waals surface area contributed by atoms with Crippen LogP contribution in [0.15, 0.2) is 42.5 Å². The third kappa shape index (κ3) is 3.83. The molecule has 3 heterocycles. The third-order valence-corrected chi connectivity index (χ3v) is 5.88. The van der Waals surface area contributed by atoms with Gasteiger partial charge in [-0.15, -0.1) is 0 Å². The minimum Gasteiger partial charge on any atom is -0.491 e. The molecule has 0 aliphatic carbocycles. The number of benzene rings is 2. The average molecular weight is 432 g/mol. The lowest BCUT2D eigenvalue weighted by molar-refractivity contribution is -0.144. The molecule has 9 heteroatoms. The highest BCUT2D eigenvalue weighted by atomic mass is 19.4. The number of morpholine rings is 1. The smallest absolute Gasteiger partial charge is 0.449 e. The number of imidazole rings is 1. The van der Waals surface area contributed by atoms with Crippen LogP contribution in [-0.2, 0) is 10.9 Å². The van der Waals surface area contributed by atoms with E-state index >= 15 is 0 Å². The molecule has 31 heavy (non-hydrogen) atoms. The zero-order valence-electron chi connectivity index (χ0n) is 16.9. The number of ether oxygens (including phenoxy) is 2. The normalized spacial score (nSPS) is 24.6. The van der Waals surface area contributed by atoms with Gasteiger partial charge in [0.15, 0.2) is 0 Å². The summed E-state index contributed by atoms with van der Waals surface area (Å²) >= 11 is 0. The van der Waals surface area contributed by atoms with E-state index in [9.17, 15) is 13.2 Å². The maximum atomic E-state index is 13.2. The molecule has 164 valence electrons. The van der Waals surface area contributed by atoms with Gasteiger partial charge >= 0.3 is 6.18 Å². The van der Waals surface area contributed by atoms with E-state index in [2.05, 4.69) is 20.2 Å².